The zero-order valence-electron chi connectivity index (χ0n) is 9.37. The van der Waals surface area contributed by atoms with Gasteiger partial charge >= 0.3 is 0 Å². The van der Waals surface area contributed by atoms with Gasteiger partial charge in [-0.3, -0.25) is 0 Å². The van der Waals surface area contributed by atoms with Crippen molar-refractivity contribution in [3.05, 3.63) is 47.0 Å². The fourth-order valence-corrected chi connectivity index (χ4v) is 2.23. The minimum Gasteiger partial charge on any atom is -0.398 e. The van der Waals surface area contributed by atoms with Crippen LogP contribution in [0.3, 0.4) is 0 Å². The zero-order valence-corrected chi connectivity index (χ0v) is 9.37. The number of allylic oxidation sites excluding steroid dienone is 5. The molecule has 1 aliphatic carbocycles. The molecule has 2 aliphatic heterocycles. The van der Waals surface area contributed by atoms with E-state index in [4.69, 9.17) is 10.8 Å². The van der Waals surface area contributed by atoms with Gasteiger partial charge < -0.3 is 10.8 Å². The molecule has 88 valence electrons. The van der Waals surface area contributed by atoms with Gasteiger partial charge in [0.05, 0.1) is 11.9 Å². The molecule has 0 spiro atoms. The Morgan fingerprint density at radius 1 is 1.47 bits per heavy atom. The van der Waals surface area contributed by atoms with E-state index >= 15 is 0 Å². The Morgan fingerprint density at radius 3 is 3.18 bits per heavy atom. The number of rotatable bonds is 1. The normalized spacial score (nSPS) is 22.2. The van der Waals surface area contributed by atoms with Crippen molar-refractivity contribution in [2.75, 3.05) is 6.73 Å². The van der Waals surface area contributed by atoms with Crippen molar-refractivity contribution in [2.24, 2.45) is 10.8 Å². The third-order valence-corrected chi connectivity index (χ3v) is 3.10. The number of hydrogen-bond donors (Lipinski definition) is 2. The lowest BCUT2D eigenvalue weighted by molar-refractivity contribution is -0.00835. The lowest BCUT2D eigenvalue weighted by atomic mass is 9.95. The highest BCUT2D eigenvalue weighted by Crippen LogP contribution is 2.30. The second-order valence-corrected chi connectivity index (χ2v) is 4.12. The highest BCUT2D eigenvalue weighted by atomic mass is 16.3. The van der Waals surface area contributed by atoms with Gasteiger partial charge in [-0.1, -0.05) is 6.08 Å². The van der Waals surface area contributed by atoms with Crippen molar-refractivity contribution in [1.29, 1.82) is 0 Å². The average Bonchev–Trinajstić information content (AvgIpc) is 2.61. The molecule has 0 aromatic rings. The van der Waals surface area contributed by atoms with Crippen LogP contribution in [0.4, 0.5) is 0 Å². The van der Waals surface area contributed by atoms with E-state index in [1.807, 2.05) is 17.3 Å². The number of hydrogen-bond acceptors (Lipinski definition) is 5. The van der Waals surface area contributed by atoms with Gasteiger partial charge in [0.2, 0.25) is 0 Å². The summed E-state index contributed by atoms with van der Waals surface area (Å²) in [6.07, 6.45) is 11.7. The molecule has 5 heteroatoms. The van der Waals surface area contributed by atoms with Gasteiger partial charge in [-0.15, -0.1) is 0 Å². The molecule has 3 N–H and O–H groups in total. The van der Waals surface area contributed by atoms with E-state index in [0.29, 0.717) is 0 Å². The first-order chi connectivity index (χ1) is 8.29. The van der Waals surface area contributed by atoms with Crippen molar-refractivity contribution >= 4 is 6.21 Å². The van der Waals surface area contributed by atoms with Gasteiger partial charge in [0.15, 0.2) is 6.73 Å². The molecule has 0 aromatic heterocycles. The first-order valence-corrected chi connectivity index (χ1v) is 5.60. The monoisotopic (exact) mass is 230 g/mol. The minimum atomic E-state index is -0.145. The summed E-state index contributed by atoms with van der Waals surface area (Å²) in [5.74, 6) is 0. The van der Waals surface area contributed by atoms with Crippen molar-refractivity contribution in [2.45, 2.75) is 12.8 Å². The van der Waals surface area contributed by atoms with Crippen LogP contribution < -0.4 is 5.73 Å². The summed E-state index contributed by atoms with van der Waals surface area (Å²) in [6.45, 7) is -0.145. The van der Waals surface area contributed by atoms with Crippen LogP contribution in [0.2, 0.25) is 0 Å². The van der Waals surface area contributed by atoms with Crippen molar-refractivity contribution in [3.8, 4) is 0 Å². The van der Waals surface area contributed by atoms with Crippen molar-refractivity contribution in [1.82, 2.24) is 10.1 Å². The molecule has 0 fully saturated rings. The summed E-state index contributed by atoms with van der Waals surface area (Å²) >= 11 is 0. The van der Waals surface area contributed by atoms with Crippen LogP contribution in [-0.4, -0.2) is 28.2 Å². The topological polar surface area (TPSA) is 65.1 Å². The van der Waals surface area contributed by atoms with Crippen LogP contribution in [-0.2, 0) is 0 Å². The highest BCUT2D eigenvalue weighted by molar-refractivity contribution is 5.81. The zero-order chi connectivity index (χ0) is 11.8. The molecule has 0 amide bonds. The SMILES string of the molecule is NC1=CCCC2=C1C=CN1C(=C2)C=NN1CO. The second-order valence-electron chi connectivity index (χ2n) is 4.12. The number of aliphatic hydroxyl groups is 1. The Bertz CT molecular complexity index is 499. The molecular weight excluding hydrogens is 216 g/mol. The quantitative estimate of drug-likeness (QED) is 0.699. The molecule has 0 bridgehead atoms. The van der Waals surface area contributed by atoms with E-state index < -0.39 is 0 Å². The first kappa shape index (κ1) is 10.2. The van der Waals surface area contributed by atoms with Gasteiger partial charge in [0, 0.05) is 17.5 Å². The van der Waals surface area contributed by atoms with E-state index in [-0.39, 0.29) is 6.73 Å². The molecule has 3 rings (SSSR count). The van der Waals surface area contributed by atoms with E-state index in [9.17, 15) is 0 Å². The van der Waals surface area contributed by atoms with E-state index in [1.54, 1.807) is 6.21 Å². The number of hydrazone groups is 1. The van der Waals surface area contributed by atoms with E-state index in [1.165, 1.54) is 10.7 Å². The molecule has 0 radical (unpaired) electrons. The number of nitrogens with two attached hydrogens (primary N) is 1. The van der Waals surface area contributed by atoms with E-state index in [2.05, 4.69) is 17.3 Å². The lowest BCUT2D eigenvalue weighted by Gasteiger charge is -2.23. The van der Waals surface area contributed by atoms with Crippen LogP contribution in [0.1, 0.15) is 12.8 Å². The van der Waals surface area contributed by atoms with E-state index in [0.717, 1.165) is 29.8 Å². The third-order valence-electron chi connectivity index (χ3n) is 3.10. The number of hydrazine groups is 1. The number of fused-ring (bicyclic) bond motifs is 1. The molecule has 5 nitrogen and oxygen atoms in total. The molecule has 0 aromatic carbocycles. The Labute approximate surface area is 99.5 Å². The first-order valence-electron chi connectivity index (χ1n) is 5.60. The Kier molecular flexibility index (Phi) is 2.26. The van der Waals surface area contributed by atoms with Crippen LogP contribution in [0, 0.1) is 0 Å². The Balaban J connectivity index is 2.03. The molecule has 17 heavy (non-hydrogen) atoms. The average molecular weight is 230 g/mol. The number of aliphatic hydroxyl groups excluding tert-OH is 1. The van der Waals surface area contributed by atoms with Gasteiger partial charge in [-0.2, -0.15) is 10.2 Å². The van der Waals surface area contributed by atoms with Crippen molar-refractivity contribution in [3.63, 3.8) is 0 Å². The predicted molar refractivity (Wildman–Crippen MR) is 65.0 cm³/mol. The summed E-state index contributed by atoms with van der Waals surface area (Å²) in [7, 11) is 0. The summed E-state index contributed by atoms with van der Waals surface area (Å²) < 4.78 is 0. The maximum absolute atomic E-state index is 9.17. The smallest absolute Gasteiger partial charge is 0.154 e. The van der Waals surface area contributed by atoms with Crippen molar-refractivity contribution < 1.29 is 5.11 Å². The van der Waals surface area contributed by atoms with Gasteiger partial charge in [0.1, 0.15) is 0 Å². The summed E-state index contributed by atoms with van der Waals surface area (Å²) in [4.78, 5) is 0. The molecule has 2 heterocycles. The van der Waals surface area contributed by atoms with Crippen LogP contribution in [0.25, 0.3) is 0 Å². The maximum atomic E-state index is 9.17. The predicted octanol–water partition coefficient (Wildman–Crippen LogP) is 0.799. The molecule has 0 unspecified atom stereocenters. The highest BCUT2D eigenvalue weighted by Gasteiger charge is 2.22. The van der Waals surface area contributed by atoms with Gasteiger partial charge in [-0.05, 0) is 30.6 Å². The molecule has 0 saturated carbocycles. The number of nitrogens with zero attached hydrogens (tertiary/aromatic N) is 3. The molecular formula is C12H14N4O. The fourth-order valence-electron chi connectivity index (χ4n) is 2.23. The lowest BCUT2D eigenvalue weighted by Crippen LogP contribution is -2.30. The summed E-state index contributed by atoms with van der Waals surface area (Å²) in [6, 6.07) is 0. The van der Waals surface area contributed by atoms with Crippen LogP contribution >= 0.6 is 0 Å². The Morgan fingerprint density at radius 2 is 2.35 bits per heavy atom. The second kappa shape index (κ2) is 3.78. The molecule has 0 atom stereocenters. The standard InChI is InChI=1S/C12H14N4O/c13-12-3-1-2-9-6-10-7-14-16(8-17)15(10)5-4-11(9)12/h3-7,17H,1-2,8,13H2. The fraction of sp³-hybridized carbons (Fsp3) is 0.250. The van der Waals surface area contributed by atoms with Crippen LogP contribution in [0.5, 0.6) is 0 Å². The largest absolute Gasteiger partial charge is 0.398 e. The third kappa shape index (κ3) is 1.55. The minimum absolute atomic E-state index is 0.145. The maximum Gasteiger partial charge on any atom is 0.154 e. The summed E-state index contributed by atoms with van der Waals surface area (Å²) in [5, 5.41) is 16.6. The summed E-state index contributed by atoms with van der Waals surface area (Å²) in [5.41, 5.74) is 10.1. The van der Waals surface area contributed by atoms with Gasteiger partial charge in [0.25, 0.3) is 0 Å². The Hall–Kier alpha value is -2.01. The van der Waals surface area contributed by atoms with Crippen LogP contribution in [0.15, 0.2) is 52.1 Å². The molecule has 3 aliphatic rings. The van der Waals surface area contributed by atoms with Gasteiger partial charge in [-0.25, -0.2) is 5.01 Å². The molecule has 0 saturated heterocycles.